The lowest BCUT2D eigenvalue weighted by molar-refractivity contribution is -0.325. The molecule has 1 heterocycles. The highest BCUT2D eigenvalue weighted by Crippen LogP contribution is 2.27. The Morgan fingerprint density at radius 1 is 1.33 bits per heavy atom. The molecule has 108 valence electrons. The molecule has 0 aromatic carbocycles. The number of hydrogen-bond acceptors (Lipinski definition) is 3. The fourth-order valence-electron chi connectivity index (χ4n) is 2.61. The van der Waals surface area contributed by atoms with Gasteiger partial charge in [0.05, 0.1) is 6.61 Å². The van der Waals surface area contributed by atoms with Crippen molar-refractivity contribution >= 4 is 0 Å². The summed E-state index contributed by atoms with van der Waals surface area (Å²) in [6.45, 7) is 7.84. The van der Waals surface area contributed by atoms with E-state index in [4.69, 9.17) is 0 Å². The van der Waals surface area contributed by atoms with Gasteiger partial charge in [-0.1, -0.05) is 13.8 Å². The predicted octanol–water partition coefficient (Wildman–Crippen LogP) is 2.38. The van der Waals surface area contributed by atoms with E-state index in [0.29, 0.717) is 12.6 Å². The van der Waals surface area contributed by atoms with Crippen LogP contribution in [0.15, 0.2) is 0 Å². The first-order valence-electron chi connectivity index (χ1n) is 6.52. The number of nitrogens with one attached hydrogen (secondary N) is 1. The SMILES string of the molecule is CCC1(CC)CNC(C)CN1CCOC(F)(F)F. The highest BCUT2D eigenvalue weighted by molar-refractivity contribution is 4.96. The summed E-state index contributed by atoms with van der Waals surface area (Å²) in [6, 6.07) is 0.308. The van der Waals surface area contributed by atoms with Gasteiger partial charge in [0.25, 0.3) is 0 Å². The molecule has 1 atom stereocenters. The molecule has 0 aromatic rings. The van der Waals surface area contributed by atoms with Crippen LogP contribution >= 0.6 is 0 Å². The first-order chi connectivity index (χ1) is 8.33. The van der Waals surface area contributed by atoms with Crippen LogP contribution in [0.4, 0.5) is 13.2 Å². The average molecular weight is 268 g/mol. The van der Waals surface area contributed by atoms with E-state index in [0.717, 1.165) is 25.9 Å². The lowest BCUT2D eigenvalue weighted by atomic mass is 9.87. The second-order valence-electron chi connectivity index (χ2n) is 4.95. The van der Waals surface area contributed by atoms with Crippen molar-refractivity contribution in [2.24, 2.45) is 0 Å². The number of hydrogen-bond donors (Lipinski definition) is 1. The van der Waals surface area contributed by atoms with Crippen LogP contribution in [-0.4, -0.2) is 49.1 Å². The Kier molecular flexibility index (Phi) is 5.43. The van der Waals surface area contributed by atoms with E-state index in [1.807, 2.05) is 6.92 Å². The van der Waals surface area contributed by atoms with Gasteiger partial charge in [0.1, 0.15) is 0 Å². The van der Waals surface area contributed by atoms with Crippen molar-refractivity contribution in [2.45, 2.75) is 51.6 Å². The van der Waals surface area contributed by atoms with Crippen molar-refractivity contribution in [2.75, 3.05) is 26.2 Å². The normalized spacial score (nSPS) is 25.3. The molecule has 1 aliphatic rings. The van der Waals surface area contributed by atoms with Crippen molar-refractivity contribution in [3.63, 3.8) is 0 Å². The smallest absolute Gasteiger partial charge is 0.311 e. The van der Waals surface area contributed by atoms with Gasteiger partial charge in [0.2, 0.25) is 0 Å². The Morgan fingerprint density at radius 2 is 1.94 bits per heavy atom. The third-order valence-electron chi connectivity index (χ3n) is 3.89. The first kappa shape index (κ1) is 15.7. The highest BCUT2D eigenvalue weighted by Gasteiger charge is 2.38. The molecule has 1 unspecified atom stereocenters. The van der Waals surface area contributed by atoms with Gasteiger partial charge in [0, 0.05) is 31.2 Å². The van der Waals surface area contributed by atoms with E-state index in [9.17, 15) is 13.2 Å². The van der Waals surface area contributed by atoms with Crippen LogP contribution in [0.1, 0.15) is 33.6 Å². The van der Waals surface area contributed by atoms with Crippen LogP contribution in [0, 0.1) is 0 Å². The second kappa shape index (κ2) is 6.21. The number of nitrogens with zero attached hydrogens (tertiary/aromatic N) is 1. The Hall–Kier alpha value is -0.330. The summed E-state index contributed by atoms with van der Waals surface area (Å²) in [5.74, 6) is 0. The van der Waals surface area contributed by atoms with Crippen molar-refractivity contribution in [3.8, 4) is 0 Å². The molecule has 6 heteroatoms. The van der Waals surface area contributed by atoms with Crippen molar-refractivity contribution in [1.82, 2.24) is 10.2 Å². The number of rotatable bonds is 5. The van der Waals surface area contributed by atoms with Gasteiger partial charge < -0.3 is 5.32 Å². The molecule has 0 bridgehead atoms. The van der Waals surface area contributed by atoms with E-state index >= 15 is 0 Å². The van der Waals surface area contributed by atoms with Crippen LogP contribution in [0.3, 0.4) is 0 Å². The van der Waals surface area contributed by atoms with Gasteiger partial charge in [-0.25, -0.2) is 0 Å². The van der Waals surface area contributed by atoms with Crippen molar-refractivity contribution in [3.05, 3.63) is 0 Å². The van der Waals surface area contributed by atoms with E-state index < -0.39 is 6.36 Å². The molecule has 0 amide bonds. The maximum Gasteiger partial charge on any atom is 0.522 e. The van der Waals surface area contributed by atoms with Crippen LogP contribution in [0.25, 0.3) is 0 Å². The van der Waals surface area contributed by atoms with Crippen molar-refractivity contribution < 1.29 is 17.9 Å². The summed E-state index contributed by atoms with van der Waals surface area (Å²) < 4.78 is 39.9. The lowest BCUT2D eigenvalue weighted by Crippen LogP contribution is -2.64. The summed E-state index contributed by atoms with van der Waals surface area (Å²) in [4.78, 5) is 2.14. The Balaban J connectivity index is 2.57. The molecule has 1 rings (SSSR count). The monoisotopic (exact) mass is 268 g/mol. The fourth-order valence-corrected chi connectivity index (χ4v) is 2.61. The quantitative estimate of drug-likeness (QED) is 0.828. The summed E-state index contributed by atoms with van der Waals surface area (Å²) in [6.07, 6.45) is -2.68. The summed E-state index contributed by atoms with van der Waals surface area (Å²) >= 11 is 0. The zero-order valence-electron chi connectivity index (χ0n) is 11.3. The molecule has 0 aliphatic carbocycles. The second-order valence-corrected chi connectivity index (χ2v) is 4.95. The van der Waals surface area contributed by atoms with E-state index in [1.165, 1.54) is 0 Å². The molecular formula is C12H23F3N2O. The maximum atomic E-state index is 12.0. The fraction of sp³-hybridized carbons (Fsp3) is 1.00. The Morgan fingerprint density at radius 3 is 2.44 bits per heavy atom. The Bertz CT molecular complexity index is 254. The van der Waals surface area contributed by atoms with Gasteiger partial charge in [-0.05, 0) is 19.8 Å². The van der Waals surface area contributed by atoms with Crippen LogP contribution in [0.2, 0.25) is 0 Å². The summed E-state index contributed by atoms with van der Waals surface area (Å²) in [5, 5.41) is 3.41. The van der Waals surface area contributed by atoms with Gasteiger partial charge in [-0.15, -0.1) is 13.2 Å². The van der Waals surface area contributed by atoms with Gasteiger partial charge in [-0.2, -0.15) is 0 Å². The minimum absolute atomic E-state index is 0.0402. The van der Waals surface area contributed by atoms with Gasteiger partial charge in [-0.3, -0.25) is 9.64 Å². The van der Waals surface area contributed by atoms with E-state index in [2.05, 4.69) is 28.8 Å². The third kappa shape index (κ3) is 4.10. The molecule has 18 heavy (non-hydrogen) atoms. The molecule has 1 N–H and O–H groups in total. The topological polar surface area (TPSA) is 24.5 Å². The minimum atomic E-state index is -4.53. The standard InChI is InChI=1S/C12H23F3N2O/c1-4-11(5-2)9-16-10(3)8-17(11)6-7-18-12(13,14)15/h10,16H,4-9H2,1-3H3. The van der Waals surface area contributed by atoms with E-state index in [-0.39, 0.29) is 12.1 Å². The highest BCUT2D eigenvalue weighted by atomic mass is 19.4. The number of halogens is 3. The van der Waals surface area contributed by atoms with Crippen LogP contribution in [-0.2, 0) is 4.74 Å². The molecule has 1 aliphatic heterocycles. The molecule has 0 radical (unpaired) electrons. The number of piperazine rings is 1. The molecule has 0 saturated carbocycles. The maximum absolute atomic E-state index is 12.0. The van der Waals surface area contributed by atoms with Crippen LogP contribution in [0.5, 0.6) is 0 Å². The molecule has 1 fully saturated rings. The minimum Gasteiger partial charge on any atom is -0.311 e. The van der Waals surface area contributed by atoms with Gasteiger partial charge in [0.15, 0.2) is 0 Å². The molecular weight excluding hydrogens is 245 g/mol. The molecule has 0 spiro atoms. The molecule has 1 saturated heterocycles. The van der Waals surface area contributed by atoms with Crippen LogP contribution < -0.4 is 5.32 Å². The summed E-state index contributed by atoms with van der Waals surface area (Å²) in [5.41, 5.74) is -0.0402. The third-order valence-corrected chi connectivity index (χ3v) is 3.89. The van der Waals surface area contributed by atoms with Gasteiger partial charge >= 0.3 is 6.36 Å². The number of ether oxygens (including phenoxy) is 1. The summed E-state index contributed by atoms with van der Waals surface area (Å²) in [7, 11) is 0. The first-order valence-corrected chi connectivity index (χ1v) is 6.52. The van der Waals surface area contributed by atoms with Crippen molar-refractivity contribution in [1.29, 1.82) is 0 Å². The number of alkyl halides is 3. The van der Waals surface area contributed by atoms with E-state index in [1.54, 1.807) is 0 Å². The lowest BCUT2D eigenvalue weighted by Gasteiger charge is -2.49. The zero-order valence-corrected chi connectivity index (χ0v) is 11.3. The zero-order chi connectivity index (χ0) is 13.8. The molecule has 3 nitrogen and oxygen atoms in total. The Labute approximate surface area is 107 Å². The largest absolute Gasteiger partial charge is 0.522 e. The molecule has 0 aromatic heterocycles. The average Bonchev–Trinajstić information content (AvgIpc) is 2.28. The predicted molar refractivity (Wildman–Crippen MR) is 64.4 cm³/mol.